The third kappa shape index (κ3) is 4.42. The second-order valence-corrected chi connectivity index (χ2v) is 11.2. The zero-order valence-electron chi connectivity index (χ0n) is 19.8. The number of thioether (sulfide) groups is 1. The summed E-state index contributed by atoms with van der Waals surface area (Å²) in [6.07, 6.45) is 0.806. The van der Waals surface area contributed by atoms with Crippen LogP contribution in [0, 0.1) is 10.1 Å². The van der Waals surface area contributed by atoms with Crippen LogP contribution in [0.4, 0.5) is 5.69 Å². The highest BCUT2D eigenvalue weighted by Gasteiger charge is 2.69. The molecule has 3 aliphatic heterocycles. The first-order valence-corrected chi connectivity index (χ1v) is 13.0. The molecule has 0 spiro atoms. The number of nitrogens with zero attached hydrogens (tertiary/aromatic N) is 5. The molecule has 1 amide bonds. The molecule has 0 N–H and O–H groups in total. The van der Waals surface area contributed by atoms with Crippen molar-refractivity contribution in [2.24, 2.45) is 0 Å². The third-order valence-corrected chi connectivity index (χ3v) is 9.07. The van der Waals surface area contributed by atoms with E-state index in [4.69, 9.17) is 9.47 Å². The molecule has 3 aliphatic rings. The van der Waals surface area contributed by atoms with Gasteiger partial charge in [0.1, 0.15) is 29.2 Å². The molecule has 1 aromatic heterocycles. The molecule has 1 saturated heterocycles. The maximum Gasteiger partial charge on any atom is 0.355 e. The number of ether oxygens (including phenoxy) is 2. The maximum atomic E-state index is 13.5. The molecule has 1 fully saturated rings. The first-order valence-electron chi connectivity index (χ1n) is 11.3. The Balaban J connectivity index is 1.31. The average Bonchev–Trinajstić information content (AvgIpc) is 3.48. The van der Waals surface area contributed by atoms with Crippen LogP contribution in [0.3, 0.4) is 0 Å². The molecular weight excluding hydrogens is 570 g/mol. The number of likely N-dealkylation sites (N-methyl/N-ethyl adjacent to an activating group) is 1. The Hall–Kier alpha value is -3.23. The second kappa shape index (κ2) is 9.58. The van der Waals surface area contributed by atoms with Gasteiger partial charge in [0.2, 0.25) is 0 Å². The number of imidazole rings is 1. The molecule has 14 heteroatoms. The second-order valence-electron chi connectivity index (χ2n) is 8.94. The SMILES string of the molecule is CC(=O)OC(c1cn2c(n1)CN(C)CC2)C1(Br)C(=O)N2C(C(=O)OCc3ccc([N+](=O)[O-])cc3)=CSC21. The lowest BCUT2D eigenvalue weighted by atomic mass is 9.89. The number of carbonyl (C=O) groups excluding carboxylic acids is 3. The lowest BCUT2D eigenvalue weighted by Crippen LogP contribution is -2.70. The van der Waals surface area contributed by atoms with Crippen LogP contribution < -0.4 is 0 Å². The Kier molecular flexibility index (Phi) is 6.58. The van der Waals surface area contributed by atoms with Crippen LogP contribution in [-0.4, -0.2) is 65.4 Å². The topological polar surface area (TPSA) is 137 Å². The number of fused-ring (bicyclic) bond motifs is 2. The number of esters is 2. The minimum Gasteiger partial charge on any atom is -0.456 e. The van der Waals surface area contributed by atoms with Crippen molar-refractivity contribution in [2.75, 3.05) is 13.6 Å². The molecule has 0 saturated carbocycles. The van der Waals surface area contributed by atoms with Gasteiger partial charge >= 0.3 is 11.9 Å². The highest BCUT2D eigenvalue weighted by molar-refractivity contribution is 9.10. The summed E-state index contributed by atoms with van der Waals surface area (Å²) in [5.41, 5.74) is 1.03. The van der Waals surface area contributed by atoms with Gasteiger partial charge < -0.3 is 14.0 Å². The fourth-order valence-corrected chi connectivity index (χ4v) is 6.74. The van der Waals surface area contributed by atoms with E-state index in [2.05, 4.69) is 25.8 Å². The molecule has 0 bridgehead atoms. The number of nitro groups is 1. The number of hydrogen-bond acceptors (Lipinski definition) is 10. The number of β-lactam (4-membered cyclic amide) rings is 1. The van der Waals surface area contributed by atoms with Gasteiger partial charge in [0.15, 0.2) is 10.4 Å². The fourth-order valence-electron chi connectivity index (χ4n) is 4.47. The summed E-state index contributed by atoms with van der Waals surface area (Å²) in [7, 11) is 1.99. The fraction of sp³-hybridized carbons (Fsp3) is 0.391. The van der Waals surface area contributed by atoms with Gasteiger partial charge in [0.05, 0.1) is 11.5 Å². The minimum absolute atomic E-state index is 0.0689. The van der Waals surface area contributed by atoms with Gasteiger partial charge in [-0.3, -0.25) is 29.5 Å². The smallest absolute Gasteiger partial charge is 0.355 e. The highest BCUT2D eigenvalue weighted by Crippen LogP contribution is 2.58. The quantitative estimate of drug-likeness (QED) is 0.155. The van der Waals surface area contributed by atoms with E-state index in [0.717, 1.165) is 18.9 Å². The number of carbonyl (C=O) groups is 3. The zero-order chi connectivity index (χ0) is 26.5. The van der Waals surface area contributed by atoms with Crippen LogP contribution in [0.25, 0.3) is 0 Å². The predicted octanol–water partition coefficient (Wildman–Crippen LogP) is 2.47. The molecule has 37 heavy (non-hydrogen) atoms. The van der Waals surface area contributed by atoms with Crippen molar-refractivity contribution in [3.63, 3.8) is 0 Å². The maximum absolute atomic E-state index is 13.5. The Morgan fingerprint density at radius 1 is 1.32 bits per heavy atom. The van der Waals surface area contributed by atoms with Gasteiger partial charge in [-0.1, -0.05) is 15.9 Å². The third-order valence-electron chi connectivity index (χ3n) is 6.38. The Morgan fingerprint density at radius 3 is 2.73 bits per heavy atom. The lowest BCUT2D eigenvalue weighted by Gasteiger charge is -2.51. The van der Waals surface area contributed by atoms with Gasteiger partial charge in [-0.05, 0) is 24.7 Å². The first kappa shape index (κ1) is 25.4. The summed E-state index contributed by atoms with van der Waals surface area (Å²) in [6, 6.07) is 5.64. The summed E-state index contributed by atoms with van der Waals surface area (Å²) in [6.45, 7) is 3.36. The summed E-state index contributed by atoms with van der Waals surface area (Å²) in [5, 5.41) is 11.8. The van der Waals surface area contributed by atoms with Gasteiger partial charge in [-0.15, -0.1) is 11.8 Å². The standard InChI is InChI=1S/C23H22BrN5O7S/c1-13(30)36-19(16-9-27-8-7-26(2)10-18(27)25-16)23(24)21(32)28-17(12-37-22(23)28)20(31)35-11-14-3-5-15(6-4-14)29(33)34/h3-6,9,12,19,22H,7-8,10-11H2,1-2H3. The van der Waals surface area contributed by atoms with Gasteiger partial charge in [0, 0.05) is 43.8 Å². The van der Waals surface area contributed by atoms with E-state index in [-0.39, 0.29) is 18.0 Å². The number of amides is 1. The van der Waals surface area contributed by atoms with E-state index < -0.39 is 38.6 Å². The van der Waals surface area contributed by atoms with Crippen LogP contribution in [0.1, 0.15) is 30.1 Å². The number of nitro benzene ring substituents is 1. The monoisotopic (exact) mass is 591 g/mol. The summed E-state index contributed by atoms with van der Waals surface area (Å²) in [4.78, 5) is 56.7. The average molecular weight is 592 g/mol. The van der Waals surface area contributed by atoms with E-state index in [9.17, 15) is 24.5 Å². The lowest BCUT2D eigenvalue weighted by molar-refractivity contribution is -0.384. The van der Waals surface area contributed by atoms with Crippen molar-refractivity contribution in [3.8, 4) is 0 Å². The van der Waals surface area contributed by atoms with Crippen molar-refractivity contribution < 1.29 is 28.8 Å². The number of hydrogen-bond donors (Lipinski definition) is 0. The number of benzene rings is 1. The Labute approximate surface area is 223 Å². The van der Waals surface area contributed by atoms with Crippen molar-refractivity contribution in [1.82, 2.24) is 19.4 Å². The Morgan fingerprint density at radius 2 is 2.05 bits per heavy atom. The van der Waals surface area contributed by atoms with Crippen molar-refractivity contribution in [3.05, 3.63) is 68.8 Å². The summed E-state index contributed by atoms with van der Waals surface area (Å²) >= 11 is 4.80. The van der Waals surface area contributed by atoms with Gasteiger partial charge in [-0.2, -0.15) is 0 Å². The van der Waals surface area contributed by atoms with Crippen molar-refractivity contribution in [2.45, 2.75) is 42.4 Å². The van der Waals surface area contributed by atoms with Crippen LogP contribution >= 0.6 is 27.7 Å². The summed E-state index contributed by atoms with van der Waals surface area (Å²) in [5.74, 6) is -0.902. The number of non-ortho nitro benzene ring substituents is 1. The van der Waals surface area contributed by atoms with Crippen molar-refractivity contribution in [1.29, 1.82) is 0 Å². The molecule has 1 aromatic carbocycles. The molecule has 194 valence electrons. The molecule has 2 aromatic rings. The molecule has 3 atom stereocenters. The van der Waals surface area contributed by atoms with E-state index in [1.54, 1.807) is 11.6 Å². The predicted molar refractivity (Wildman–Crippen MR) is 134 cm³/mol. The highest BCUT2D eigenvalue weighted by atomic mass is 79.9. The Bertz CT molecular complexity index is 1330. The molecule has 5 rings (SSSR count). The van der Waals surface area contributed by atoms with Crippen LogP contribution in [0.2, 0.25) is 0 Å². The number of halogens is 1. The molecular formula is C23H22BrN5O7S. The summed E-state index contributed by atoms with van der Waals surface area (Å²) < 4.78 is 11.6. The minimum atomic E-state index is -1.32. The van der Waals surface area contributed by atoms with Crippen LogP contribution in [-0.2, 0) is 43.6 Å². The van der Waals surface area contributed by atoms with Crippen molar-refractivity contribution >= 4 is 51.2 Å². The van der Waals surface area contributed by atoms with E-state index in [1.165, 1.54) is 47.9 Å². The van der Waals surface area contributed by atoms with Gasteiger partial charge in [0.25, 0.3) is 11.6 Å². The van der Waals surface area contributed by atoms with Crippen LogP contribution in [0.15, 0.2) is 41.6 Å². The molecule has 4 heterocycles. The number of rotatable bonds is 7. The van der Waals surface area contributed by atoms with E-state index >= 15 is 0 Å². The number of alkyl halides is 1. The normalized spacial score (nSPS) is 23.4. The number of aromatic nitrogens is 2. The molecule has 0 aliphatic carbocycles. The van der Waals surface area contributed by atoms with Gasteiger partial charge in [-0.25, -0.2) is 9.78 Å². The van der Waals surface area contributed by atoms with E-state index in [0.29, 0.717) is 17.8 Å². The first-order chi connectivity index (χ1) is 17.6. The van der Waals surface area contributed by atoms with E-state index in [1.807, 2.05) is 11.6 Å². The molecule has 3 unspecified atom stereocenters. The van der Waals surface area contributed by atoms with Crippen LogP contribution in [0.5, 0.6) is 0 Å². The zero-order valence-corrected chi connectivity index (χ0v) is 22.2. The molecule has 12 nitrogen and oxygen atoms in total. The molecule has 0 radical (unpaired) electrons. The largest absolute Gasteiger partial charge is 0.456 e.